The number of quaternary nitrogens is 1. The van der Waals surface area contributed by atoms with E-state index in [9.17, 15) is 33.9 Å². The maximum Gasteiger partial charge on any atom is 0.279 e. The van der Waals surface area contributed by atoms with Crippen LogP contribution in [0.2, 0.25) is 0 Å². The lowest BCUT2D eigenvalue weighted by atomic mass is 9.98. The van der Waals surface area contributed by atoms with E-state index < -0.39 is 65.7 Å². The van der Waals surface area contributed by atoms with Crippen LogP contribution in [0.25, 0.3) is 0 Å². The minimum absolute atomic E-state index is 0.0460. The van der Waals surface area contributed by atoms with Crippen LogP contribution in [0.3, 0.4) is 0 Å². The predicted octanol–water partition coefficient (Wildman–Crippen LogP) is -3.96. The van der Waals surface area contributed by atoms with Crippen molar-refractivity contribution in [2.75, 3.05) is 48.3 Å². The fourth-order valence-corrected chi connectivity index (χ4v) is 5.19. The number of amides is 5. The first kappa shape index (κ1) is 46.3. The standard InChI is InChI=1S/C32H62N12O7/c1-18(2)24(42-28(48)25(19(3)4)41-26(46)22(44(7,8)9)13-11-16-38-31(34)35)27(47)40-20(12-10-17-39-32(36)37-5)29(49)43(6)21(30(50)51)14-15-23(33)45/h18-22,24-25H,10-17H2,1-9H3,(H12-,33,34,35,36,37,38,39,40,41,42,45,46,47,48,50,51)/t20-,21+,22-,24-,25+/m1/s1. The van der Waals surface area contributed by atoms with Gasteiger partial charge in [0.25, 0.3) is 5.91 Å². The van der Waals surface area contributed by atoms with Crippen LogP contribution < -0.4 is 49.3 Å². The maximum absolute atomic E-state index is 13.8. The smallest absolute Gasteiger partial charge is 0.279 e. The van der Waals surface area contributed by atoms with Gasteiger partial charge < -0.3 is 63.5 Å². The van der Waals surface area contributed by atoms with Gasteiger partial charge in [0.2, 0.25) is 23.6 Å². The van der Waals surface area contributed by atoms with Crippen molar-refractivity contribution in [3.05, 3.63) is 0 Å². The molecule has 0 rings (SSSR count). The number of carboxylic acid groups (broad SMARTS) is 1. The lowest BCUT2D eigenvalue weighted by molar-refractivity contribution is -0.886. The number of carbonyl (C=O) groups excluding carboxylic acids is 6. The number of hydrogen-bond donors (Lipinski definition) is 8. The number of nitrogens with zero attached hydrogens (tertiary/aromatic N) is 4. The lowest BCUT2D eigenvalue weighted by Gasteiger charge is -2.35. The van der Waals surface area contributed by atoms with Crippen LogP contribution in [0.4, 0.5) is 0 Å². The monoisotopic (exact) mass is 726 g/mol. The summed E-state index contributed by atoms with van der Waals surface area (Å²) in [5, 5.41) is 23.0. The van der Waals surface area contributed by atoms with Gasteiger partial charge in [-0.15, -0.1) is 0 Å². The van der Waals surface area contributed by atoms with Gasteiger partial charge in [0.1, 0.15) is 18.1 Å². The molecule has 0 saturated carbocycles. The number of aliphatic imine (C=N–C) groups is 2. The molecule has 5 amide bonds. The number of hydrogen-bond acceptors (Lipinski definition) is 9. The van der Waals surface area contributed by atoms with Gasteiger partial charge in [0.15, 0.2) is 18.0 Å². The predicted molar refractivity (Wildman–Crippen MR) is 192 cm³/mol. The zero-order chi connectivity index (χ0) is 39.6. The van der Waals surface area contributed by atoms with Crippen molar-refractivity contribution >= 4 is 47.4 Å². The van der Waals surface area contributed by atoms with E-state index in [-0.39, 0.29) is 54.0 Å². The van der Waals surface area contributed by atoms with Gasteiger partial charge in [-0.3, -0.25) is 34.0 Å². The summed E-state index contributed by atoms with van der Waals surface area (Å²) in [7, 11) is 8.30. The summed E-state index contributed by atoms with van der Waals surface area (Å²) in [4.78, 5) is 86.5. The Morgan fingerprint density at radius 3 is 1.76 bits per heavy atom. The zero-order valence-corrected chi connectivity index (χ0v) is 31.7. The molecule has 0 aromatic heterocycles. The van der Waals surface area contributed by atoms with E-state index in [1.54, 1.807) is 27.7 Å². The summed E-state index contributed by atoms with van der Waals surface area (Å²) in [6.07, 6.45) is 0.720. The second-order valence-electron chi connectivity index (χ2n) is 14.1. The molecule has 19 heteroatoms. The van der Waals surface area contributed by atoms with Crippen molar-refractivity contribution in [3.63, 3.8) is 0 Å². The summed E-state index contributed by atoms with van der Waals surface area (Å²) in [6, 6.07) is -5.42. The molecule has 0 aromatic rings. The Hall–Kier alpha value is -4.68. The quantitative estimate of drug-likeness (QED) is 0.0217. The minimum atomic E-state index is -1.60. The number of guanidine groups is 2. The van der Waals surface area contributed by atoms with Crippen LogP contribution in [0.5, 0.6) is 0 Å². The van der Waals surface area contributed by atoms with Gasteiger partial charge >= 0.3 is 0 Å². The second-order valence-corrected chi connectivity index (χ2v) is 14.1. The van der Waals surface area contributed by atoms with Gasteiger partial charge in [-0.25, -0.2) is 0 Å². The number of carbonyl (C=O) groups is 6. The topological polar surface area (TPSA) is 306 Å². The highest BCUT2D eigenvalue weighted by Gasteiger charge is 2.37. The number of nitrogens with one attached hydrogen (secondary N) is 4. The number of likely N-dealkylation sites (N-methyl/N-ethyl adjacent to an activating group) is 2. The van der Waals surface area contributed by atoms with Gasteiger partial charge in [0, 0.05) is 40.0 Å². The molecule has 0 unspecified atom stereocenters. The van der Waals surface area contributed by atoms with E-state index >= 15 is 0 Å². The second kappa shape index (κ2) is 22.2. The number of rotatable bonds is 23. The van der Waals surface area contributed by atoms with Crippen LogP contribution in [0.1, 0.15) is 66.2 Å². The molecule has 0 aliphatic rings. The van der Waals surface area contributed by atoms with E-state index in [1.807, 2.05) is 21.1 Å². The van der Waals surface area contributed by atoms with Crippen LogP contribution in [0.15, 0.2) is 9.98 Å². The molecule has 0 spiro atoms. The Labute approximate surface area is 301 Å². The molecule has 0 saturated heterocycles. The minimum Gasteiger partial charge on any atom is -0.548 e. The Kier molecular flexibility index (Phi) is 20.2. The molecule has 12 N–H and O–H groups in total. The average Bonchev–Trinajstić information content (AvgIpc) is 3.01. The zero-order valence-electron chi connectivity index (χ0n) is 31.7. The SMILES string of the molecule is CN=C(N)NCCC[C@@H](NC(=O)[C@H](NC(=O)[C@@H](NC(=O)[C@@H](CCCN=C(N)N)[N+](C)(C)C)C(C)C)C(C)C)C(=O)N(C)[C@@H](CCC(N)=O)C(=O)[O-]. The number of aliphatic carboxylic acids is 1. The van der Waals surface area contributed by atoms with Crippen molar-refractivity contribution in [2.24, 2.45) is 44.8 Å². The molecule has 51 heavy (non-hydrogen) atoms. The average molecular weight is 727 g/mol. The molecular weight excluding hydrogens is 664 g/mol. The molecule has 0 aliphatic carbocycles. The highest BCUT2D eigenvalue weighted by Crippen LogP contribution is 2.15. The first-order valence-corrected chi connectivity index (χ1v) is 17.0. The number of nitrogens with two attached hydrogens (primary N) is 4. The first-order chi connectivity index (χ1) is 23.5. The highest BCUT2D eigenvalue weighted by molar-refractivity contribution is 5.95. The van der Waals surface area contributed by atoms with Crippen molar-refractivity contribution in [2.45, 2.75) is 96.4 Å². The van der Waals surface area contributed by atoms with Crippen LogP contribution in [-0.2, 0) is 28.8 Å². The fourth-order valence-electron chi connectivity index (χ4n) is 5.19. The molecule has 0 aromatic carbocycles. The Morgan fingerprint density at radius 1 is 0.784 bits per heavy atom. The molecule has 0 fully saturated rings. The van der Waals surface area contributed by atoms with Crippen LogP contribution in [-0.4, -0.2) is 135 Å². The number of carboxylic acids is 1. The van der Waals surface area contributed by atoms with Crippen LogP contribution in [0, 0.1) is 11.8 Å². The van der Waals surface area contributed by atoms with Gasteiger partial charge in [-0.2, -0.15) is 0 Å². The third kappa shape index (κ3) is 17.2. The molecule has 5 atom stereocenters. The largest absolute Gasteiger partial charge is 0.548 e. The van der Waals surface area contributed by atoms with Crippen molar-refractivity contribution in [1.82, 2.24) is 26.2 Å². The van der Waals surface area contributed by atoms with Gasteiger partial charge in [-0.05, 0) is 37.5 Å². The Balaban J connectivity index is 6.17. The molecule has 0 aliphatic heterocycles. The number of primary amides is 1. The van der Waals surface area contributed by atoms with Crippen molar-refractivity contribution in [3.8, 4) is 0 Å². The van der Waals surface area contributed by atoms with Crippen molar-refractivity contribution < 1.29 is 38.4 Å². The Morgan fingerprint density at radius 2 is 1.31 bits per heavy atom. The van der Waals surface area contributed by atoms with Gasteiger partial charge in [0.05, 0.1) is 33.2 Å². The summed E-state index contributed by atoms with van der Waals surface area (Å²) in [5.41, 5.74) is 21.7. The lowest BCUT2D eigenvalue weighted by Crippen LogP contribution is -2.62. The van der Waals surface area contributed by atoms with E-state index in [2.05, 4.69) is 31.3 Å². The van der Waals surface area contributed by atoms with E-state index in [0.717, 1.165) is 4.90 Å². The molecule has 292 valence electrons. The van der Waals surface area contributed by atoms with Gasteiger partial charge in [-0.1, -0.05) is 27.7 Å². The summed E-state index contributed by atoms with van der Waals surface area (Å²) < 4.78 is 0.273. The third-order valence-corrected chi connectivity index (χ3v) is 8.24. The molecule has 0 bridgehead atoms. The maximum atomic E-state index is 13.8. The fraction of sp³-hybridized carbons (Fsp3) is 0.750. The summed E-state index contributed by atoms with van der Waals surface area (Å²) in [6.45, 7) is 7.54. The first-order valence-electron chi connectivity index (χ1n) is 17.0. The summed E-state index contributed by atoms with van der Waals surface area (Å²) in [5.74, 6) is -5.48. The molecule has 19 nitrogen and oxygen atoms in total. The van der Waals surface area contributed by atoms with Crippen LogP contribution >= 0.6 is 0 Å². The summed E-state index contributed by atoms with van der Waals surface area (Å²) >= 11 is 0. The van der Waals surface area contributed by atoms with E-state index in [1.165, 1.54) is 14.1 Å². The molecule has 0 heterocycles. The molecule has 0 radical (unpaired) electrons. The normalized spacial score (nSPS) is 14.8. The van der Waals surface area contributed by atoms with E-state index in [0.29, 0.717) is 25.8 Å². The highest BCUT2D eigenvalue weighted by atomic mass is 16.4. The van der Waals surface area contributed by atoms with E-state index in [4.69, 9.17) is 22.9 Å². The molecular formula is C32H62N12O7. The van der Waals surface area contributed by atoms with Crippen molar-refractivity contribution in [1.29, 1.82) is 0 Å². The Bertz CT molecular complexity index is 1250. The third-order valence-electron chi connectivity index (χ3n) is 8.24.